The van der Waals surface area contributed by atoms with Crippen molar-refractivity contribution >= 4 is 11.6 Å². The smallest absolute Gasteiger partial charge is 0.222 e. The zero-order valence-corrected chi connectivity index (χ0v) is 12.1. The highest BCUT2D eigenvalue weighted by Crippen LogP contribution is 2.47. The number of para-hydroxylation sites is 1. The van der Waals surface area contributed by atoms with Crippen LogP contribution >= 0.6 is 0 Å². The lowest BCUT2D eigenvalue weighted by molar-refractivity contribution is 0.0117. The first-order valence-electron chi connectivity index (χ1n) is 7.80. The molecule has 1 heterocycles. The largest absolute Gasteiger partial charge is 0.466 e. The number of hydrogen-bond donors (Lipinski definition) is 0. The molecule has 1 aliphatic carbocycles. The zero-order valence-electron chi connectivity index (χ0n) is 12.1. The maximum atomic E-state index is 6.48. The predicted octanol–water partition coefficient (Wildman–Crippen LogP) is 4.95. The maximum Gasteiger partial charge on any atom is 0.222 e. The summed E-state index contributed by atoms with van der Waals surface area (Å²) in [5.74, 6) is 0.774. The lowest BCUT2D eigenvalue weighted by Gasteiger charge is -2.41. The number of hydrogen-bond acceptors (Lipinski definition) is 2. The third-order valence-electron chi connectivity index (χ3n) is 4.59. The van der Waals surface area contributed by atoms with E-state index in [1.165, 1.54) is 24.8 Å². The molecule has 2 nitrogen and oxygen atoms in total. The van der Waals surface area contributed by atoms with Crippen LogP contribution in [0.1, 0.15) is 43.2 Å². The standard InChI is InChI=1S/C19H19NO/c1-3-9-15(10-4-1)18-20-17-12-6-5-11-16(17)19(21-18)13-7-2-8-14-19/h1,3-6,9-12H,2,7-8,13-14H2. The van der Waals surface area contributed by atoms with Gasteiger partial charge in [0.05, 0.1) is 5.69 Å². The number of benzene rings is 2. The molecule has 1 spiro atoms. The molecule has 0 bridgehead atoms. The minimum atomic E-state index is -0.165. The van der Waals surface area contributed by atoms with Gasteiger partial charge in [0.1, 0.15) is 5.60 Å². The summed E-state index contributed by atoms with van der Waals surface area (Å²) in [5.41, 5.74) is 3.24. The van der Waals surface area contributed by atoms with Crippen molar-refractivity contribution in [3.05, 3.63) is 65.7 Å². The number of rotatable bonds is 1. The topological polar surface area (TPSA) is 21.6 Å². The Kier molecular flexibility index (Phi) is 3.03. The molecule has 1 fully saturated rings. The van der Waals surface area contributed by atoms with Crippen LogP contribution in [0, 0.1) is 0 Å². The van der Waals surface area contributed by atoms with Crippen molar-refractivity contribution in [3.63, 3.8) is 0 Å². The van der Waals surface area contributed by atoms with Crippen molar-refractivity contribution in [2.75, 3.05) is 0 Å². The first-order chi connectivity index (χ1) is 10.4. The van der Waals surface area contributed by atoms with Crippen molar-refractivity contribution in [1.82, 2.24) is 0 Å². The summed E-state index contributed by atoms with van der Waals surface area (Å²) in [6.45, 7) is 0. The molecule has 0 unspecified atom stereocenters. The van der Waals surface area contributed by atoms with Crippen molar-refractivity contribution < 1.29 is 4.74 Å². The normalized spacial score (nSPS) is 19.5. The molecule has 2 aromatic rings. The van der Waals surface area contributed by atoms with Crippen LogP contribution in [0.2, 0.25) is 0 Å². The molecule has 4 rings (SSSR count). The van der Waals surface area contributed by atoms with Crippen LogP contribution in [0.25, 0.3) is 0 Å². The number of nitrogens with zero attached hydrogens (tertiary/aromatic N) is 1. The van der Waals surface area contributed by atoms with Gasteiger partial charge in [-0.1, -0.05) is 42.8 Å². The molecule has 0 radical (unpaired) electrons. The van der Waals surface area contributed by atoms with Gasteiger partial charge in [-0.15, -0.1) is 0 Å². The van der Waals surface area contributed by atoms with E-state index in [0.29, 0.717) is 0 Å². The van der Waals surface area contributed by atoms with E-state index in [0.717, 1.165) is 30.0 Å². The first kappa shape index (κ1) is 12.6. The fourth-order valence-electron chi connectivity index (χ4n) is 3.53. The summed E-state index contributed by atoms with van der Waals surface area (Å²) in [6, 6.07) is 18.7. The quantitative estimate of drug-likeness (QED) is 0.722. The molecule has 1 aliphatic heterocycles. The molecular formula is C19H19NO. The summed E-state index contributed by atoms with van der Waals surface area (Å²) in [4.78, 5) is 4.76. The fraction of sp³-hybridized carbons (Fsp3) is 0.316. The molecule has 2 aromatic carbocycles. The lowest BCUT2D eigenvalue weighted by Crippen LogP contribution is -2.37. The summed E-state index contributed by atoms with van der Waals surface area (Å²) < 4.78 is 6.48. The minimum absolute atomic E-state index is 0.165. The maximum absolute atomic E-state index is 6.48. The van der Waals surface area contributed by atoms with E-state index in [4.69, 9.17) is 9.73 Å². The third-order valence-corrected chi connectivity index (χ3v) is 4.59. The van der Waals surface area contributed by atoms with Crippen LogP contribution < -0.4 is 0 Å². The molecule has 2 aliphatic rings. The average molecular weight is 277 g/mol. The molecule has 0 aromatic heterocycles. The fourth-order valence-corrected chi connectivity index (χ4v) is 3.53. The van der Waals surface area contributed by atoms with Gasteiger partial charge >= 0.3 is 0 Å². The molecule has 1 saturated carbocycles. The monoisotopic (exact) mass is 277 g/mol. The Morgan fingerprint density at radius 3 is 2.33 bits per heavy atom. The summed E-state index contributed by atoms with van der Waals surface area (Å²) in [7, 11) is 0. The Bertz CT molecular complexity index is 669. The van der Waals surface area contributed by atoms with Gasteiger partial charge in [0, 0.05) is 11.1 Å². The van der Waals surface area contributed by atoms with Gasteiger partial charge in [0.15, 0.2) is 0 Å². The Hall–Kier alpha value is -2.09. The second-order valence-electron chi connectivity index (χ2n) is 5.96. The van der Waals surface area contributed by atoms with Gasteiger partial charge in [-0.25, -0.2) is 4.99 Å². The molecule has 0 atom stereocenters. The van der Waals surface area contributed by atoms with E-state index in [2.05, 4.69) is 36.4 Å². The first-order valence-corrected chi connectivity index (χ1v) is 7.80. The third kappa shape index (κ3) is 2.15. The van der Waals surface area contributed by atoms with Crippen LogP contribution in [-0.2, 0) is 10.3 Å². The van der Waals surface area contributed by atoms with Gasteiger partial charge in [0.2, 0.25) is 5.90 Å². The molecule has 21 heavy (non-hydrogen) atoms. The van der Waals surface area contributed by atoms with Crippen LogP contribution in [0.3, 0.4) is 0 Å². The Morgan fingerprint density at radius 1 is 0.810 bits per heavy atom. The highest BCUT2D eigenvalue weighted by atomic mass is 16.5. The number of fused-ring (bicyclic) bond motifs is 2. The molecule has 2 heteroatoms. The molecule has 0 amide bonds. The zero-order chi connectivity index (χ0) is 14.1. The van der Waals surface area contributed by atoms with Gasteiger partial charge in [-0.05, 0) is 43.9 Å². The van der Waals surface area contributed by atoms with E-state index < -0.39 is 0 Å². The molecule has 0 saturated heterocycles. The second kappa shape index (κ2) is 5.03. The highest BCUT2D eigenvalue weighted by Gasteiger charge is 2.41. The Labute approximate surface area is 125 Å². The average Bonchev–Trinajstić information content (AvgIpc) is 2.56. The SMILES string of the molecule is c1ccc(C2=Nc3ccccc3C3(CCCCC3)O2)cc1. The minimum Gasteiger partial charge on any atom is -0.466 e. The van der Waals surface area contributed by atoms with E-state index in [-0.39, 0.29) is 5.60 Å². The van der Waals surface area contributed by atoms with Crippen LogP contribution in [0.5, 0.6) is 0 Å². The van der Waals surface area contributed by atoms with Crippen molar-refractivity contribution in [2.24, 2.45) is 4.99 Å². The van der Waals surface area contributed by atoms with E-state index in [9.17, 15) is 0 Å². The second-order valence-corrected chi connectivity index (χ2v) is 5.96. The summed E-state index contributed by atoms with van der Waals surface area (Å²) in [5, 5.41) is 0. The van der Waals surface area contributed by atoms with Gasteiger partial charge < -0.3 is 4.74 Å². The molecule has 0 N–H and O–H groups in total. The summed E-state index contributed by atoms with van der Waals surface area (Å²) >= 11 is 0. The molecular weight excluding hydrogens is 258 g/mol. The van der Waals surface area contributed by atoms with Gasteiger partial charge in [-0.3, -0.25) is 0 Å². The number of aliphatic imine (C=N–C) groups is 1. The van der Waals surface area contributed by atoms with Gasteiger partial charge in [-0.2, -0.15) is 0 Å². The lowest BCUT2D eigenvalue weighted by atomic mass is 9.78. The Morgan fingerprint density at radius 2 is 1.52 bits per heavy atom. The van der Waals surface area contributed by atoms with Crippen molar-refractivity contribution in [3.8, 4) is 0 Å². The van der Waals surface area contributed by atoms with Gasteiger partial charge in [0.25, 0.3) is 0 Å². The Balaban J connectivity index is 1.84. The van der Waals surface area contributed by atoms with Crippen molar-refractivity contribution in [1.29, 1.82) is 0 Å². The van der Waals surface area contributed by atoms with Crippen molar-refractivity contribution in [2.45, 2.75) is 37.7 Å². The van der Waals surface area contributed by atoms with Crippen LogP contribution in [-0.4, -0.2) is 5.90 Å². The number of ether oxygens (including phenoxy) is 1. The van der Waals surface area contributed by atoms with E-state index in [1.807, 2.05) is 18.2 Å². The summed E-state index contributed by atoms with van der Waals surface area (Å²) in [6.07, 6.45) is 5.96. The van der Waals surface area contributed by atoms with Crippen LogP contribution in [0.4, 0.5) is 5.69 Å². The van der Waals surface area contributed by atoms with E-state index >= 15 is 0 Å². The highest BCUT2D eigenvalue weighted by molar-refractivity contribution is 5.97. The van der Waals surface area contributed by atoms with E-state index in [1.54, 1.807) is 0 Å². The molecule has 106 valence electrons. The predicted molar refractivity (Wildman–Crippen MR) is 84.9 cm³/mol. The van der Waals surface area contributed by atoms with Crippen LogP contribution in [0.15, 0.2) is 59.6 Å².